The molecule has 0 bridgehead atoms. The number of aromatic nitrogens is 1. The van der Waals surface area contributed by atoms with Crippen LogP contribution in [0.4, 0.5) is 0 Å². The van der Waals surface area contributed by atoms with Gasteiger partial charge in [0.25, 0.3) is 0 Å². The Morgan fingerprint density at radius 1 is 1.07 bits per heavy atom. The minimum absolute atomic E-state index is 0.782. The van der Waals surface area contributed by atoms with Crippen LogP contribution in [0.1, 0.15) is 16.7 Å². The molecule has 2 heterocycles. The average molecular weight is 393 g/mol. The first-order valence-electron chi connectivity index (χ1n) is 9.08. The number of aryl methyl sites for hydroxylation is 1. The van der Waals surface area contributed by atoms with E-state index >= 15 is 0 Å². The molecule has 0 amide bonds. The van der Waals surface area contributed by atoms with Gasteiger partial charge in [-0.25, -0.2) is 4.98 Å². The predicted octanol–water partition coefficient (Wildman–Crippen LogP) is 6.26. The number of halogens is 1. The Morgan fingerprint density at radius 3 is 2.70 bits per heavy atom. The smallest absolute Gasteiger partial charge is 0.0763 e. The Balaban J connectivity index is 1.54. The van der Waals surface area contributed by atoms with Gasteiger partial charge in [0.2, 0.25) is 0 Å². The van der Waals surface area contributed by atoms with Gasteiger partial charge in [0.15, 0.2) is 0 Å². The van der Waals surface area contributed by atoms with E-state index in [0.29, 0.717) is 0 Å². The lowest BCUT2D eigenvalue weighted by atomic mass is 10.0. The molecule has 2 nitrogen and oxygen atoms in total. The second-order valence-electron chi connectivity index (χ2n) is 6.71. The first-order chi connectivity index (χ1) is 13.2. The molecule has 2 aromatic heterocycles. The van der Waals surface area contributed by atoms with Gasteiger partial charge in [0.1, 0.15) is 0 Å². The van der Waals surface area contributed by atoms with Crippen molar-refractivity contribution in [1.82, 2.24) is 10.3 Å². The second kappa shape index (κ2) is 8.22. The van der Waals surface area contributed by atoms with Crippen molar-refractivity contribution >= 4 is 33.8 Å². The molecule has 0 aliphatic rings. The quantitative estimate of drug-likeness (QED) is 0.392. The summed E-state index contributed by atoms with van der Waals surface area (Å²) < 4.78 is 0. The minimum atomic E-state index is 0.782. The third-order valence-corrected chi connectivity index (χ3v) is 5.68. The lowest BCUT2D eigenvalue weighted by Gasteiger charge is -2.12. The van der Waals surface area contributed by atoms with Gasteiger partial charge < -0.3 is 5.32 Å². The fourth-order valence-corrected chi connectivity index (χ4v) is 4.05. The van der Waals surface area contributed by atoms with Crippen LogP contribution in [0, 0.1) is 6.92 Å². The summed E-state index contributed by atoms with van der Waals surface area (Å²) in [6.45, 7) is 3.84. The lowest BCUT2D eigenvalue weighted by Crippen LogP contribution is -2.17. The molecule has 136 valence electrons. The summed E-state index contributed by atoms with van der Waals surface area (Å²) in [5.74, 6) is 0. The highest BCUT2D eigenvalue weighted by molar-refractivity contribution is 7.08. The number of fused-ring (bicyclic) bond motifs is 1. The minimum Gasteiger partial charge on any atom is -0.312 e. The van der Waals surface area contributed by atoms with Gasteiger partial charge in [-0.3, -0.25) is 0 Å². The molecule has 0 atom stereocenters. The molecule has 0 unspecified atom stereocenters. The molecule has 0 spiro atoms. The zero-order valence-electron chi connectivity index (χ0n) is 15.2. The monoisotopic (exact) mass is 392 g/mol. The molecule has 1 N–H and O–H groups in total. The summed E-state index contributed by atoms with van der Waals surface area (Å²) in [5, 5.41) is 9.83. The highest BCUT2D eigenvalue weighted by Gasteiger charge is 2.11. The number of nitrogens with zero attached hydrogens (tertiary/aromatic N) is 1. The number of benzene rings is 2. The number of pyridine rings is 1. The van der Waals surface area contributed by atoms with Gasteiger partial charge in [0.05, 0.1) is 11.2 Å². The topological polar surface area (TPSA) is 24.9 Å². The third kappa shape index (κ3) is 4.22. The molecular weight excluding hydrogens is 372 g/mol. The van der Waals surface area contributed by atoms with Crippen molar-refractivity contribution in [2.24, 2.45) is 0 Å². The van der Waals surface area contributed by atoms with Gasteiger partial charge >= 0.3 is 0 Å². The van der Waals surface area contributed by atoms with Crippen molar-refractivity contribution in [2.45, 2.75) is 19.9 Å². The van der Waals surface area contributed by atoms with Crippen LogP contribution in [0.3, 0.4) is 0 Å². The molecule has 27 heavy (non-hydrogen) atoms. The van der Waals surface area contributed by atoms with E-state index in [2.05, 4.69) is 65.5 Å². The number of nitrogens with one attached hydrogen (secondary N) is 1. The molecule has 0 aliphatic heterocycles. The SMILES string of the molecule is Cc1cccc2cc(CNCCc3ccc(Cl)cc3)c(-c3ccsc3)nc12. The van der Waals surface area contributed by atoms with Gasteiger partial charge in [-0.05, 0) is 66.2 Å². The highest BCUT2D eigenvalue weighted by Crippen LogP contribution is 2.28. The van der Waals surface area contributed by atoms with Crippen LogP contribution in [-0.4, -0.2) is 11.5 Å². The van der Waals surface area contributed by atoms with Crippen molar-refractivity contribution in [2.75, 3.05) is 6.54 Å². The lowest BCUT2D eigenvalue weighted by molar-refractivity contribution is 0.687. The van der Waals surface area contributed by atoms with E-state index in [1.54, 1.807) is 11.3 Å². The zero-order valence-corrected chi connectivity index (χ0v) is 16.8. The highest BCUT2D eigenvalue weighted by atomic mass is 35.5. The standard InChI is InChI=1S/C23H21ClN2S/c1-16-3-2-4-18-13-20(23(26-22(16)18)19-10-12-27-15-19)14-25-11-9-17-5-7-21(24)8-6-17/h2-8,10,12-13,15,25H,9,11,14H2,1H3. The summed E-state index contributed by atoms with van der Waals surface area (Å²) in [6.07, 6.45) is 0.977. The van der Waals surface area contributed by atoms with Crippen molar-refractivity contribution in [3.63, 3.8) is 0 Å². The number of hydrogen-bond acceptors (Lipinski definition) is 3. The number of thiophene rings is 1. The Morgan fingerprint density at radius 2 is 1.93 bits per heavy atom. The first-order valence-corrected chi connectivity index (χ1v) is 10.4. The molecule has 0 saturated carbocycles. The molecule has 0 radical (unpaired) electrons. The van der Waals surface area contributed by atoms with E-state index in [9.17, 15) is 0 Å². The van der Waals surface area contributed by atoms with E-state index in [4.69, 9.17) is 16.6 Å². The van der Waals surface area contributed by atoms with E-state index in [0.717, 1.165) is 35.7 Å². The number of hydrogen-bond donors (Lipinski definition) is 1. The summed E-state index contributed by atoms with van der Waals surface area (Å²) in [5.41, 5.74) is 7.10. The van der Waals surface area contributed by atoms with Crippen LogP contribution in [0.2, 0.25) is 5.02 Å². The van der Waals surface area contributed by atoms with E-state index in [1.807, 2.05) is 12.1 Å². The maximum atomic E-state index is 5.96. The molecule has 0 fully saturated rings. The summed E-state index contributed by atoms with van der Waals surface area (Å²) >= 11 is 7.66. The zero-order chi connectivity index (χ0) is 18.6. The van der Waals surface area contributed by atoms with Crippen molar-refractivity contribution < 1.29 is 0 Å². The fourth-order valence-electron chi connectivity index (χ4n) is 3.28. The van der Waals surface area contributed by atoms with Crippen LogP contribution in [0.15, 0.2) is 65.4 Å². The van der Waals surface area contributed by atoms with Crippen LogP contribution in [0.25, 0.3) is 22.2 Å². The van der Waals surface area contributed by atoms with Gasteiger partial charge in [-0.2, -0.15) is 11.3 Å². The normalized spacial score (nSPS) is 11.2. The van der Waals surface area contributed by atoms with E-state index in [1.165, 1.54) is 27.6 Å². The van der Waals surface area contributed by atoms with Crippen LogP contribution < -0.4 is 5.32 Å². The molecule has 0 aliphatic carbocycles. The third-order valence-electron chi connectivity index (χ3n) is 4.74. The van der Waals surface area contributed by atoms with Crippen molar-refractivity contribution in [3.8, 4) is 11.3 Å². The second-order valence-corrected chi connectivity index (χ2v) is 7.92. The van der Waals surface area contributed by atoms with Crippen LogP contribution in [0.5, 0.6) is 0 Å². The molecule has 0 saturated heterocycles. The molecule has 2 aromatic carbocycles. The summed E-state index contributed by atoms with van der Waals surface area (Å²) in [6, 6.07) is 18.8. The Labute approximate surface area is 168 Å². The van der Waals surface area contributed by atoms with Crippen LogP contribution in [-0.2, 0) is 13.0 Å². The molecule has 4 heteroatoms. The Kier molecular flexibility index (Phi) is 5.53. The van der Waals surface area contributed by atoms with Gasteiger partial charge in [0, 0.05) is 27.9 Å². The first kappa shape index (κ1) is 18.2. The van der Waals surface area contributed by atoms with Crippen LogP contribution >= 0.6 is 22.9 Å². The fraction of sp³-hybridized carbons (Fsp3) is 0.174. The average Bonchev–Trinajstić information content (AvgIpc) is 3.21. The number of rotatable bonds is 6. The molecule has 4 rings (SSSR count). The molecule has 4 aromatic rings. The van der Waals surface area contributed by atoms with Gasteiger partial charge in [-0.15, -0.1) is 0 Å². The largest absolute Gasteiger partial charge is 0.312 e. The molecular formula is C23H21ClN2S. The summed E-state index contributed by atoms with van der Waals surface area (Å²) in [7, 11) is 0. The van der Waals surface area contributed by atoms with Gasteiger partial charge in [-0.1, -0.05) is 41.9 Å². The van der Waals surface area contributed by atoms with Crippen molar-refractivity contribution in [3.05, 3.63) is 87.1 Å². The Bertz CT molecular complexity index is 1040. The van der Waals surface area contributed by atoms with E-state index in [-0.39, 0.29) is 0 Å². The van der Waals surface area contributed by atoms with Crippen molar-refractivity contribution in [1.29, 1.82) is 0 Å². The number of para-hydroxylation sites is 1. The maximum Gasteiger partial charge on any atom is 0.0763 e. The Hall–Kier alpha value is -2.20. The van der Waals surface area contributed by atoms with E-state index < -0.39 is 0 Å². The maximum absolute atomic E-state index is 5.96. The predicted molar refractivity (Wildman–Crippen MR) is 117 cm³/mol. The summed E-state index contributed by atoms with van der Waals surface area (Å²) in [4.78, 5) is 5.02.